The van der Waals surface area contributed by atoms with Crippen LogP contribution in [0.15, 0.2) is 54.6 Å². The zero-order valence-electron chi connectivity index (χ0n) is 17.7. The number of esters is 1. The van der Waals surface area contributed by atoms with Crippen molar-refractivity contribution in [2.75, 3.05) is 18.1 Å². The van der Waals surface area contributed by atoms with Crippen LogP contribution in [-0.2, 0) is 19.1 Å². The van der Waals surface area contributed by atoms with E-state index in [1.807, 2.05) is 24.3 Å². The number of nitrogens with zero attached hydrogens (tertiary/aromatic N) is 1. The van der Waals surface area contributed by atoms with Crippen LogP contribution in [0.25, 0.3) is 0 Å². The molecule has 7 heteroatoms. The van der Waals surface area contributed by atoms with Gasteiger partial charge in [0.2, 0.25) is 5.91 Å². The molecule has 0 bridgehead atoms. The molecule has 1 aliphatic heterocycles. The minimum absolute atomic E-state index is 0.0260. The first-order valence-corrected chi connectivity index (χ1v) is 10.4. The number of amides is 3. The summed E-state index contributed by atoms with van der Waals surface area (Å²) < 4.78 is 5.07. The first-order valence-electron chi connectivity index (χ1n) is 10.4. The number of hydrogen-bond acceptors (Lipinski definition) is 5. The highest BCUT2D eigenvalue weighted by atomic mass is 16.5. The Balaban J connectivity index is 1.56. The number of benzene rings is 2. The number of nitrogens with one attached hydrogen (secondary N) is 1. The summed E-state index contributed by atoms with van der Waals surface area (Å²) in [5.74, 6) is -2.44. The Morgan fingerprint density at radius 1 is 1.10 bits per heavy atom. The lowest BCUT2D eigenvalue weighted by atomic mass is 9.96. The number of carbonyl (C=O) groups is 4. The molecule has 2 atom stereocenters. The summed E-state index contributed by atoms with van der Waals surface area (Å²) in [6.07, 6.45) is 0.958. The Morgan fingerprint density at radius 3 is 2.48 bits per heavy atom. The van der Waals surface area contributed by atoms with Crippen molar-refractivity contribution in [2.45, 2.75) is 32.6 Å². The summed E-state index contributed by atoms with van der Waals surface area (Å²) in [5.41, 5.74) is 2.20. The Kier molecular flexibility index (Phi) is 7.18. The van der Waals surface area contributed by atoms with Crippen molar-refractivity contribution in [2.24, 2.45) is 5.92 Å². The number of rotatable bonds is 7. The highest BCUT2D eigenvalue weighted by molar-refractivity contribution is 6.05. The number of para-hydroxylation sites is 1. The smallest absolute Gasteiger partial charge is 0.311 e. The molecule has 2 aromatic rings. The molecule has 3 amide bonds. The molecule has 0 saturated carbocycles. The van der Waals surface area contributed by atoms with E-state index < -0.39 is 30.3 Å². The summed E-state index contributed by atoms with van der Waals surface area (Å²) in [4.78, 5) is 50.6. The fourth-order valence-electron chi connectivity index (χ4n) is 3.55. The van der Waals surface area contributed by atoms with Crippen LogP contribution in [0.3, 0.4) is 0 Å². The third-order valence-corrected chi connectivity index (χ3v) is 5.46. The molecule has 3 rings (SSSR count). The van der Waals surface area contributed by atoms with Crippen LogP contribution in [0.2, 0.25) is 0 Å². The van der Waals surface area contributed by atoms with Crippen LogP contribution in [-0.4, -0.2) is 36.8 Å². The number of carbonyl (C=O) groups excluding carboxylic acids is 4. The molecule has 1 aliphatic rings. The SMILES string of the molecule is CC[C@@H](C)c1ccccc1N1C[C@H](C(=O)OCC(=O)NC(=O)c2ccccc2)CC1=O. The van der Waals surface area contributed by atoms with Gasteiger partial charge in [0.05, 0.1) is 5.92 Å². The van der Waals surface area contributed by atoms with Gasteiger partial charge in [-0.25, -0.2) is 0 Å². The van der Waals surface area contributed by atoms with E-state index >= 15 is 0 Å². The minimum Gasteiger partial charge on any atom is -0.455 e. The topological polar surface area (TPSA) is 92.8 Å². The lowest BCUT2D eigenvalue weighted by Crippen LogP contribution is -2.35. The van der Waals surface area contributed by atoms with Crippen molar-refractivity contribution in [1.29, 1.82) is 0 Å². The van der Waals surface area contributed by atoms with Gasteiger partial charge in [0.25, 0.3) is 11.8 Å². The van der Waals surface area contributed by atoms with E-state index in [-0.39, 0.29) is 24.8 Å². The lowest BCUT2D eigenvalue weighted by Gasteiger charge is -2.23. The molecule has 1 fully saturated rings. The Morgan fingerprint density at radius 2 is 1.77 bits per heavy atom. The third-order valence-electron chi connectivity index (χ3n) is 5.46. The maximum absolute atomic E-state index is 12.6. The number of ether oxygens (including phenoxy) is 1. The lowest BCUT2D eigenvalue weighted by molar-refractivity contribution is -0.152. The quantitative estimate of drug-likeness (QED) is 0.693. The molecule has 1 N–H and O–H groups in total. The maximum Gasteiger partial charge on any atom is 0.311 e. The number of imide groups is 1. The van der Waals surface area contributed by atoms with Crippen LogP contribution in [0.1, 0.15) is 48.5 Å². The Labute approximate surface area is 181 Å². The van der Waals surface area contributed by atoms with E-state index in [0.717, 1.165) is 17.7 Å². The van der Waals surface area contributed by atoms with Gasteiger partial charge in [0.1, 0.15) is 0 Å². The number of anilines is 1. The normalized spacial score (nSPS) is 16.6. The van der Waals surface area contributed by atoms with E-state index in [4.69, 9.17) is 4.74 Å². The second-order valence-electron chi connectivity index (χ2n) is 7.62. The predicted molar refractivity (Wildman–Crippen MR) is 115 cm³/mol. The highest BCUT2D eigenvalue weighted by Gasteiger charge is 2.37. The van der Waals surface area contributed by atoms with E-state index in [1.54, 1.807) is 35.2 Å². The van der Waals surface area contributed by atoms with E-state index in [0.29, 0.717) is 5.56 Å². The molecular weight excluding hydrogens is 396 g/mol. The minimum atomic E-state index is -0.717. The summed E-state index contributed by atoms with van der Waals surface area (Å²) in [7, 11) is 0. The summed E-state index contributed by atoms with van der Waals surface area (Å²) in [5, 5.41) is 2.18. The van der Waals surface area contributed by atoms with E-state index in [2.05, 4.69) is 19.2 Å². The first-order chi connectivity index (χ1) is 14.9. The summed E-state index contributed by atoms with van der Waals surface area (Å²) >= 11 is 0. The van der Waals surface area contributed by atoms with Crippen molar-refractivity contribution in [3.63, 3.8) is 0 Å². The average molecular weight is 422 g/mol. The molecule has 7 nitrogen and oxygen atoms in total. The van der Waals surface area contributed by atoms with Crippen molar-refractivity contribution < 1.29 is 23.9 Å². The van der Waals surface area contributed by atoms with Crippen LogP contribution >= 0.6 is 0 Å². The first kappa shape index (κ1) is 22.2. The zero-order valence-corrected chi connectivity index (χ0v) is 17.7. The molecule has 31 heavy (non-hydrogen) atoms. The second-order valence-corrected chi connectivity index (χ2v) is 7.62. The Hall–Kier alpha value is -3.48. The van der Waals surface area contributed by atoms with Gasteiger partial charge in [-0.3, -0.25) is 24.5 Å². The predicted octanol–water partition coefficient (Wildman–Crippen LogP) is 3.05. The maximum atomic E-state index is 12.6. The average Bonchev–Trinajstić information content (AvgIpc) is 3.19. The third kappa shape index (κ3) is 5.36. The molecule has 1 heterocycles. The number of hydrogen-bond donors (Lipinski definition) is 1. The second kappa shape index (κ2) is 10.0. The molecule has 0 radical (unpaired) electrons. The van der Waals surface area contributed by atoms with Crippen molar-refractivity contribution >= 4 is 29.4 Å². The fraction of sp³-hybridized carbons (Fsp3) is 0.333. The molecule has 0 spiro atoms. The molecule has 0 aliphatic carbocycles. The van der Waals surface area contributed by atoms with Crippen LogP contribution in [0.5, 0.6) is 0 Å². The summed E-state index contributed by atoms with van der Waals surface area (Å²) in [6, 6.07) is 16.0. The fourth-order valence-corrected chi connectivity index (χ4v) is 3.55. The molecule has 1 saturated heterocycles. The zero-order chi connectivity index (χ0) is 22.4. The van der Waals surface area contributed by atoms with Crippen molar-refractivity contribution in [1.82, 2.24) is 5.32 Å². The molecular formula is C24H26N2O5. The van der Waals surface area contributed by atoms with E-state index in [1.165, 1.54) is 0 Å². The molecule has 0 unspecified atom stereocenters. The molecule has 2 aromatic carbocycles. The Bertz CT molecular complexity index is 973. The van der Waals surface area contributed by atoms with Gasteiger partial charge in [0.15, 0.2) is 6.61 Å². The summed E-state index contributed by atoms with van der Waals surface area (Å²) in [6.45, 7) is 3.81. The highest BCUT2D eigenvalue weighted by Crippen LogP contribution is 2.33. The van der Waals surface area contributed by atoms with Crippen molar-refractivity contribution in [3.8, 4) is 0 Å². The van der Waals surface area contributed by atoms with Crippen molar-refractivity contribution in [3.05, 3.63) is 65.7 Å². The van der Waals surface area contributed by atoms with Gasteiger partial charge in [-0.2, -0.15) is 0 Å². The van der Waals surface area contributed by atoms with Gasteiger partial charge >= 0.3 is 5.97 Å². The van der Waals surface area contributed by atoms with Gasteiger partial charge in [-0.1, -0.05) is 50.2 Å². The van der Waals surface area contributed by atoms with Crippen LogP contribution < -0.4 is 10.2 Å². The van der Waals surface area contributed by atoms with Gasteiger partial charge in [-0.05, 0) is 36.1 Å². The van der Waals surface area contributed by atoms with Crippen LogP contribution in [0, 0.1) is 5.92 Å². The molecule has 162 valence electrons. The van der Waals surface area contributed by atoms with E-state index in [9.17, 15) is 19.2 Å². The van der Waals surface area contributed by atoms with Gasteiger partial charge in [-0.15, -0.1) is 0 Å². The van der Waals surface area contributed by atoms with Crippen LogP contribution in [0.4, 0.5) is 5.69 Å². The monoisotopic (exact) mass is 422 g/mol. The van der Waals surface area contributed by atoms with Gasteiger partial charge < -0.3 is 9.64 Å². The largest absolute Gasteiger partial charge is 0.455 e. The van der Waals surface area contributed by atoms with Gasteiger partial charge in [0, 0.05) is 24.2 Å². The standard InChI is InChI=1S/C24H26N2O5/c1-3-16(2)19-11-7-8-12-20(19)26-14-18(13-22(26)28)24(30)31-15-21(27)25-23(29)17-9-5-4-6-10-17/h4-12,16,18H,3,13-15H2,1-2H3,(H,25,27,29)/t16-,18-/m1/s1. The molecule has 0 aromatic heterocycles.